The van der Waals surface area contributed by atoms with Crippen molar-refractivity contribution in [1.82, 2.24) is 4.98 Å². The van der Waals surface area contributed by atoms with Crippen molar-refractivity contribution in [2.75, 3.05) is 21.9 Å². The highest BCUT2D eigenvalue weighted by Gasteiger charge is 2.26. The Morgan fingerprint density at radius 2 is 2.04 bits per heavy atom. The molecule has 0 radical (unpaired) electrons. The lowest BCUT2D eigenvalue weighted by Crippen LogP contribution is -2.37. The molecule has 0 spiro atoms. The van der Waals surface area contributed by atoms with E-state index in [0.29, 0.717) is 35.1 Å². The van der Waals surface area contributed by atoms with Gasteiger partial charge in [-0.3, -0.25) is 9.10 Å². The van der Waals surface area contributed by atoms with Crippen molar-refractivity contribution in [1.29, 1.82) is 0 Å². The number of sulfonamides is 1. The van der Waals surface area contributed by atoms with Crippen LogP contribution in [0.1, 0.15) is 23.2 Å². The van der Waals surface area contributed by atoms with Gasteiger partial charge in [-0.15, -0.1) is 0 Å². The van der Waals surface area contributed by atoms with Gasteiger partial charge in [-0.25, -0.2) is 13.4 Å². The maximum Gasteiger partial charge on any atom is 0.256 e. The summed E-state index contributed by atoms with van der Waals surface area (Å²) in [4.78, 5) is 16.4. The summed E-state index contributed by atoms with van der Waals surface area (Å²) in [6.45, 7) is 0.437. The summed E-state index contributed by atoms with van der Waals surface area (Å²) in [5, 5.41) is 3.14. The summed E-state index contributed by atoms with van der Waals surface area (Å²) in [6.07, 6.45) is 2.92. The molecular weight excluding hydrogens is 350 g/mol. The standard InChI is InChI=1S/C16H16ClN3O3S/c17-13-6-7-15(18-11-13)19-16(21)12-4-3-5-14(10-12)20-8-1-2-9-24(20,22)23/h3-7,10-11H,1-2,8-9H2,(H,18,19,21). The molecule has 1 aliphatic rings. The van der Waals surface area contributed by atoms with Crippen LogP contribution in [0.3, 0.4) is 0 Å². The van der Waals surface area contributed by atoms with Gasteiger partial charge >= 0.3 is 0 Å². The number of rotatable bonds is 3. The minimum absolute atomic E-state index is 0.137. The number of aromatic nitrogens is 1. The van der Waals surface area contributed by atoms with Gasteiger partial charge in [0.05, 0.1) is 16.5 Å². The number of anilines is 2. The zero-order valence-electron chi connectivity index (χ0n) is 12.8. The molecule has 2 heterocycles. The minimum atomic E-state index is -3.31. The van der Waals surface area contributed by atoms with E-state index in [1.807, 2.05) is 0 Å². The average molecular weight is 366 g/mol. The van der Waals surface area contributed by atoms with Gasteiger partial charge < -0.3 is 5.32 Å². The number of benzene rings is 1. The third kappa shape index (κ3) is 3.68. The number of hydrogen-bond acceptors (Lipinski definition) is 4. The van der Waals surface area contributed by atoms with Crippen molar-refractivity contribution in [3.8, 4) is 0 Å². The van der Waals surface area contributed by atoms with Crippen molar-refractivity contribution in [2.45, 2.75) is 12.8 Å². The van der Waals surface area contributed by atoms with Crippen LogP contribution >= 0.6 is 11.6 Å². The Morgan fingerprint density at radius 1 is 1.21 bits per heavy atom. The maximum atomic E-state index is 12.3. The molecule has 0 unspecified atom stereocenters. The smallest absolute Gasteiger partial charge is 0.256 e. The Labute approximate surface area is 145 Å². The van der Waals surface area contributed by atoms with Gasteiger partial charge in [0, 0.05) is 18.3 Å². The van der Waals surface area contributed by atoms with Gasteiger partial charge in [0.2, 0.25) is 10.0 Å². The third-order valence-electron chi connectivity index (χ3n) is 3.71. The molecule has 0 aliphatic carbocycles. The fourth-order valence-corrected chi connectivity index (χ4v) is 4.26. The zero-order chi connectivity index (χ0) is 17.2. The first-order chi connectivity index (χ1) is 11.5. The lowest BCUT2D eigenvalue weighted by Gasteiger charge is -2.28. The molecule has 0 atom stereocenters. The first-order valence-corrected chi connectivity index (χ1v) is 9.48. The topological polar surface area (TPSA) is 79.4 Å². The fourth-order valence-electron chi connectivity index (χ4n) is 2.52. The maximum absolute atomic E-state index is 12.3. The second kappa shape index (κ2) is 6.78. The van der Waals surface area contributed by atoms with E-state index in [9.17, 15) is 13.2 Å². The second-order valence-electron chi connectivity index (χ2n) is 5.46. The van der Waals surface area contributed by atoms with Gasteiger partial charge in [0.1, 0.15) is 5.82 Å². The van der Waals surface area contributed by atoms with E-state index in [1.165, 1.54) is 10.5 Å². The predicted molar refractivity (Wildman–Crippen MR) is 94.0 cm³/mol. The molecule has 1 fully saturated rings. The van der Waals surface area contributed by atoms with Crippen LogP contribution in [-0.2, 0) is 10.0 Å². The molecule has 3 rings (SSSR count). The highest BCUT2D eigenvalue weighted by molar-refractivity contribution is 7.92. The Balaban J connectivity index is 1.82. The Morgan fingerprint density at radius 3 is 2.75 bits per heavy atom. The number of nitrogens with zero attached hydrogens (tertiary/aromatic N) is 2. The quantitative estimate of drug-likeness (QED) is 0.906. The summed E-state index contributed by atoms with van der Waals surface area (Å²) in [7, 11) is -3.31. The number of hydrogen-bond donors (Lipinski definition) is 1. The van der Waals surface area contributed by atoms with Crippen molar-refractivity contribution < 1.29 is 13.2 Å². The molecule has 1 aromatic heterocycles. The Hall–Kier alpha value is -2.12. The summed E-state index contributed by atoms with van der Waals surface area (Å²) in [5.74, 6) is 0.152. The first kappa shape index (κ1) is 16.7. The molecule has 1 saturated heterocycles. The third-order valence-corrected chi connectivity index (χ3v) is 5.81. The summed E-state index contributed by atoms with van der Waals surface area (Å²) < 4.78 is 25.7. The molecule has 126 valence electrons. The van der Waals surface area contributed by atoms with Crippen molar-refractivity contribution >= 4 is 39.0 Å². The molecule has 1 aromatic carbocycles. The Bertz CT molecular complexity index is 853. The van der Waals surface area contributed by atoms with Crippen LogP contribution in [0.2, 0.25) is 5.02 Å². The number of carbonyl (C=O) groups excluding carboxylic acids is 1. The number of nitrogens with one attached hydrogen (secondary N) is 1. The van der Waals surface area contributed by atoms with Crippen LogP contribution in [0.25, 0.3) is 0 Å². The molecule has 2 aromatic rings. The highest BCUT2D eigenvalue weighted by atomic mass is 35.5. The molecule has 1 amide bonds. The van der Waals surface area contributed by atoms with E-state index in [1.54, 1.807) is 36.4 Å². The summed E-state index contributed by atoms with van der Waals surface area (Å²) >= 11 is 5.76. The van der Waals surface area contributed by atoms with Gasteiger partial charge in [-0.2, -0.15) is 0 Å². The van der Waals surface area contributed by atoms with Gasteiger partial charge in [-0.1, -0.05) is 17.7 Å². The van der Waals surface area contributed by atoms with Crippen LogP contribution in [0, 0.1) is 0 Å². The normalized spacial score (nSPS) is 16.6. The zero-order valence-corrected chi connectivity index (χ0v) is 14.3. The monoisotopic (exact) mass is 365 g/mol. The molecule has 6 nitrogen and oxygen atoms in total. The molecule has 8 heteroatoms. The van der Waals surface area contributed by atoms with Crippen LogP contribution < -0.4 is 9.62 Å². The van der Waals surface area contributed by atoms with Gasteiger partial charge in [0.25, 0.3) is 5.91 Å². The largest absolute Gasteiger partial charge is 0.307 e. The SMILES string of the molecule is O=C(Nc1ccc(Cl)cn1)c1cccc(N2CCCCS2(=O)=O)c1. The lowest BCUT2D eigenvalue weighted by atomic mass is 10.2. The molecule has 1 N–H and O–H groups in total. The average Bonchev–Trinajstić information content (AvgIpc) is 2.56. The molecule has 0 saturated carbocycles. The van der Waals surface area contributed by atoms with E-state index >= 15 is 0 Å². The first-order valence-electron chi connectivity index (χ1n) is 7.49. The van der Waals surface area contributed by atoms with E-state index in [2.05, 4.69) is 10.3 Å². The fraction of sp³-hybridized carbons (Fsp3) is 0.250. The minimum Gasteiger partial charge on any atom is -0.307 e. The second-order valence-corrected chi connectivity index (χ2v) is 7.91. The lowest BCUT2D eigenvalue weighted by molar-refractivity contribution is 0.102. The predicted octanol–water partition coefficient (Wildman–Crippen LogP) is 2.92. The summed E-state index contributed by atoms with van der Waals surface area (Å²) in [5.41, 5.74) is 0.872. The van der Waals surface area contributed by atoms with Crippen LogP contribution in [0.4, 0.5) is 11.5 Å². The van der Waals surface area contributed by atoms with E-state index in [-0.39, 0.29) is 11.7 Å². The molecule has 1 aliphatic heterocycles. The van der Waals surface area contributed by atoms with E-state index in [4.69, 9.17) is 11.6 Å². The van der Waals surface area contributed by atoms with Crippen LogP contribution in [0.5, 0.6) is 0 Å². The van der Waals surface area contributed by atoms with Gasteiger partial charge in [-0.05, 0) is 43.2 Å². The molecular formula is C16H16ClN3O3S. The van der Waals surface area contributed by atoms with Crippen molar-refractivity contribution in [3.63, 3.8) is 0 Å². The highest BCUT2D eigenvalue weighted by Crippen LogP contribution is 2.24. The number of amides is 1. The number of halogens is 1. The number of pyridine rings is 1. The number of carbonyl (C=O) groups is 1. The van der Waals surface area contributed by atoms with Crippen LogP contribution in [-0.4, -0.2) is 31.6 Å². The van der Waals surface area contributed by atoms with Crippen LogP contribution in [0.15, 0.2) is 42.6 Å². The van der Waals surface area contributed by atoms with E-state index in [0.717, 1.165) is 6.42 Å². The Kier molecular flexibility index (Phi) is 4.73. The van der Waals surface area contributed by atoms with Crippen molar-refractivity contribution in [2.24, 2.45) is 0 Å². The van der Waals surface area contributed by atoms with Gasteiger partial charge in [0.15, 0.2) is 0 Å². The summed E-state index contributed by atoms with van der Waals surface area (Å²) in [6, 6.07) is 9.80. The van der Waals surface area contributed by atoms with Crippen molar-refractivity contribution in [3.05, 3.63) is 53.2 Å². The van der Waals surface area contributed by atoms with E-state index < -0.39 is 10.0 Å². The molecule has 0 bridgehead atoms. The molecule has 24 heavy (non-hydrogen) atoms.